The van der Waals surface area contributed by atoms with Crippen molar-refractivity contribution < 1.29 is 0 Å². The number of piperazine rings is 1. The molecule has 134 valence electrons. The third-order valence-corrected chi connectivity index (χ3v) is 4.94. The molecule has 0 aliphatic carbocycles. The van der Waals surface area contributed by atoms with Crippen LogP contribution in [0.2, 0.25) is 5.02 Å². The lowest BCUT2D eigenvalue weighted by atomic mass is 10.2. The van der Waals surface area contributed by atoms with Crippen molar-refractivity contribution >= 4 is 28.8 Å². The van der Waals surface area contributed by atoms with Gasteiger partial charge in [0.2, 0.25) is 0 Å². The monoisotopic (exact) mass is 368 g/mol. The second-order valence-electron chi connectivity index (χ2n) is 6.39. The first-order valence-corrected chi connectivity index (χ1v) is 9.03. The fraction of sp³-hybridized carbons (Fsp3) is 0.263. The number of imidazole rings is 1. The van der Waals surface area contributed by atoms with Crippen molar-refractivity contribution in [3.63, 3.8) is 0 Å². The fourth-order valence-electron chi connectivity index (χ4n) is 3.18. The summed E-state index contributed by atoms with van der Waals surface area (Å²) in [6.07, 6.45) is 5.67. The topological polar surface area (TPSA) is 62.2 Å². The molecule has 0 bridgehead atoms. The van der Waals surface area contributed by atoms with Gasteiger partial charge in [0.25, 0.3) is 0 Å². The van der Waals surface area contributed by atoms with E-state index in [1.807, 2.05) is 35.0 Å². The van der Waals surface area contributed by atoms with Crippen LogP contribution in [-0.2, 0) is 6.54 Å². The van der Waals surface area contributed by atoms with Gasteiger partial charge in [-0.05, 0) is 35.9 Å². The highest BCUT2D eigenvalue weighted by molar-refractivity contribution is 6.30. The van der Waals surface area contributed by atoms with Crippen LogP contribution in [0.5, 0.6) is 0 Å². The number of aliphatic imine (C=N–C) groups is 1. The number of nitrogens with two attached hydrogens (primary N) is 1. The minimum atomic E-state index is 0.567. The lowest BCUT2D eigenvalue weighted by Crippen LogP contribution is -2.51. The van der Waals surface area contributed by atoms with Gasteiger partial charge in [-0.2, -0.15) is 0 Å². The number of hydrogen-bond acceptors (Lipinski definition) is 3. The maximum absolute atomic E-state index is 6.21. The third-order valence-electron chi connectivity index (χ3n) is 4.69. The molecule has 0 spiro atoms. The highest BCUT2D eigenvalue weighted by Crippen LogP contribution is 2.19. The lowest BCUT2D eigenvalue weighted by molar-refractivity contribution is 0.380. The second kappa shape index (κ2) is 7.25. The summed E-state index contributed by atoms with van der Waals surface area (Å²) in [5.74, 6) is 0.603. The molecule has 3 aromatic rings. The molecule has 1 aliphatic rings. The summed E-state index contributed by atoms with van der Waals surface area (Å²) in [6, 6.07) is 12.1. The zero-order valence-corrected chi connectivity index (χ0v) is 15.2. The van der Waals surface area contributed by atoms with Crippen LogP contribution in [0.4, 0.5) is 5.69 Å². The molecule has 7 heteroatoms. The van der Waals surface area contributed by atoms with E-state index in [2.05, 4.69) is 38.0 Å². The molecule has 4 rings (SSSR count). The third kappa shape index (κ3) is 3.60. The van der Waals surface area contributed by atoms with Gasteiger partial charge in [0.05, 0.1) is 24.6 Å². The van der Waals surface area contributed by atoms with Gasteiger partial charge < -0.3 is 19.9 Å². The zero-order chi connectivity index (χ0) is 17.9. The van der Waals surface area contributed by atoms with Crippen LogP contribution in [0.3, 0.4) is 0 Å². The molecule has 0 radical (unpaired) electrons. The van der Waals surface area contributed by atoms with Gasteiger partial charge in [-0.15, -0.1) is 0 Å². The molecule has 1 saturated heterocycles. The Kier molecular flexibility index (Phi) is 4.67. The van der Waals surface area contributed by atoms with Gasteiger partial charge >= 0.3 is 0 Å². The van der Waals surface area contributed by atoms with Crippen molar-refractivity contribution in [2.45, 2.75) is 6.54 Å². The van der Waals surface area contributed by atoms with Crippen molar-refractivity contribution in [2.24, 2.45) is 10.7 Å². The molecule has 0 amide bonds. The molecule has 1 fully saturated rings. The molecule has 6 nitrogen and oxygen atoms in total. The van der Waals surface area contributed by atoms with E-state index < -0.39 is 0 Å². The summed E-state index contributed by atoms with van der Waals surface area (Å²) in [4.78, 5) is 13.2. The molecule has 3 heterocycles. The Morgan fingerprint density at radius 1 is 1.08 bits per heavy atom. The predicted molar refractivity (Wildman–Crippen MR) is 106 cm³/mol. The van der Waals surface area contributed by atoms with Crippen LogP contribution in [0.15, 0.2) is 60.1 Å². The van der Waals surface area contributed by atoms with E-state index in [0.717, 1.165) is 42.3 Å². The average Bonchev–Trinajstić information content (AvgIpc) is 3.15. The molecular weight excluding hydrogens is 348 g/mol. The number of nitrogens with zero attached hydrogens (tertiary/aromatic N) is 5. The standard InChI is InChI=1S/C19H21ClN6/c20-16-2-5-17(6-3-16)24-7-9-25(10-8-24)19(21)23-11-15-1-4-18-12-22-14-26(18)13-15/h1-6,12-14H,7-11H2,(H2,21,23). The number of aromatic nitrogens is 2. The molecule has 1 aliphatic heterocycles. The first kappa shape index (κ1) is 16.7. The fourth-order valence-corrected chi connectivity index (χ4v) is 3.30. The maximum atomic E-state index is 6.21. The number of halogens is 1. The maximum Gasteiger partial charge on any atom is 0.191 e. The van der Waals surface area contributed by atoms with E-state index >= 15 is 0 Å². The summed E-state index contributed by atoms with van der Waals surface area (Å²) < 4.78 is 1.99. The van der Waals surface area contributed by atoms with Crippen molar-refractivity contribution in [3.8, 4) is 0 Å². The minimum absolute atomic E-state index is 0.567. The summed E-state index contributed by atoms with van der Waals surface area (Å²) in [6.45, 7) is 4.12. The predicted octanol–water partition coefficient (Wildman–Crippen LogP) is 2.62. The lowest BCUT2D eigenvalue weighted by Gasteiger charge is -2.36. The molecule has 1 aromatic carbocycles. The van der Waals surface area contributed by atoms with E-state index in [1.54, 1.807) is 6.33 Å². The van der Waals surface area contributed by atoms with E-state index in [4.69, 9.17) is 17.3 Å². The van der Waals surface area contributed by atoms with Crippen LogP contribution < -0.4 is 10.6 Å². The Balaban J connectivity index is 1.35. The number of anilines is 1. The number of benzene rings is 1. The minimum Gasteiger partial charge on any atom is -0.370 e. The number of rotatable bonds is 3. The molecule has 0 atom stereocenters. The normalized spacial score (nSPS) is 15.7. The Morgan fingerprint density at radius 2 is 1.85 bits per heavy atom. The van der Waals surface area contributed by atoms with Gasteiger partial charge in [0.15, 0.2) is 5.96 Å². The summed E-state index contributed by atoms with van der Waals surface area (Å²) >= 11 is 5.96. The molecule has 2 N–H and O–H groups in total. The molecule has 2 aromatic heterocycles. The number of fused-ring (bicyclic) bond motifs is 1. The SMILES string of the molecule is NC(=NCc1ccc2cncn2c1)N1CCN(c2ccc(Cl)cc2)CC1. The Morgan fingerprint density at radius 3 is 2.62 bits per heavy atom. The van der Waals surface area contributed by atoms with Gasteiger partial charge in [-0.25, -0.2) is 9.98 Å². The van der Waals surface area contributed by atoms with Crippen molar-refractivity contribution in [3.05, 3.63) is 65.7 Å². The smallest absolute Gasteiger partial charge is 0.191 e. The molecule has 26 heavy (non-hydrogen) atoms. The Hall–Kier alpha value is -2.73. The van der Waals surface area contributed by atoms with Crippen molar-refractivity contribution in [1.82, 2.24) is 14.3 Å². The number of pyridine rings is 1. The van der Waals surface area contributed by atoms with Crippen LogP contribution in [-0.4, -0.2) is 46.4 Å². The van der Waals surface area contributed by atoms with Crippen LogP contribution in [0.1, 0.15) is 5.56 Å². The summed E-state index contributed by atoms with van der Waals surface area (Å²) in [5.41, 5.74) is 9.59. The Bertz CT molecular complexity index is 909. The number of guanidine groups is 1. The van der Waals surface area contributed by atoms with E-state index in [-0.39, 0.29) is 0 Å². The van der Waals surface area contributed by atoms with Crippen LogP contribution in [0, 0.1) is 0 Å². The second-order valence-corrected chi connectivity index (χ2v) is 6.82. The van der Waals surface area contributed by atoms with Crippen LogP contribution in [0.25, 0.3) is 5.52 Å². The Labute approximate surface area is 157 Å². The largest absolute Gasteiger partial charge is 0.370 e. The van der Waals surface area contributed by atoms with E-state index in [9.17, 15) is 0 Å². The van der Waals surface area contributed by atoms with E-state index in [0.29, 0.717) is 12.5 Å². The quantitative estimate of drug-likeness (QED) is 0.570. The van der Waals surface area contributed by atoms with E-state index in [1.165, 1.54) is 5.69 Å². The molecule has 0 saturated carbocycles. The average molecular weight is 369 g/mol. The summed E-state index contributed by atoms with van der Waals surface area (Å²) in [5, 5.41) is 0.762. The number of hydrogen-bond donors (Lipinski definition) is 1. The van der Waals surface area contributed by atoms with Gasteiger partial charge in [-0.1, -0.05) is 17.7 Å². The molecule has 0 unspecified atom stereocenters. The highest BCUT2D eigenvalue weighted by atomic mass is 35.5. The van der Waals surface area contributed by atoms with Crippen molar-refractivity contribution in [2.75, 3.05) is 31.1 Å². The van der Waals surface area contributed by atoms with Gasteiger partial charge in [0, 0.05) is 43.1 Å². The summed E-state index contributed by atoms with van der Waals surface area (Å²) in [7, 11) is 0. The molecular formula is C19H21ClN6. The first-order valence-electron chi connectivity index (χ1n) is 8.65. The van der Waals surface area contributed by atoms with Crippen LogP contribution >= 0.6 is 11.6 Å². The van der Waals surface area contributed by atoms with Gasteiger partial charge in [0.1, 0.15) is 0 Å². The first-order chi connectivity index (χ1) is 12.7. The van der Waals surface area contributed by atoms with Gasteiger partial charge in [-0.3, -0.25) is 0 Å². The zero-order valence-electron chi connectivity index (χ0n) is 14.4. The van der Waals surface area contributed by atoms with Crippen molar-refractivity contribution in [1.29, 1.82) is 0 Å². The highest BCUT2D eigenvalue weighted by Gasteiger charge is 2.18.